The first-order chi connectivity index (χ1) is 10.0. The van der Waals surface area contributed by atoms with E-state index in [0.717, 1.165) is 24.0 Å². The van der Waals surface area contributed by atoms with Crippen molar-refractivity contribution in [1.29, 1.82) is 0 Å². The normalized spacial score (nSPS) is 17.8. The van der Waals surface area contributed by atoms with Gasteiger partial charge in [-0.25, -0.2) is 9.97 Å². The van der Waals surface area contributed by atoms with Crippen LogP contribution in [0.5, 0.6) is 0 Å². The zero-order valence-electron chi connectivity index (χ0n) is 13.1. The second-order valence-electron chi connectivity index (χ2n) is 5.87. The molecule has 0 saturated carbocycles. The summed E-state index contributed by atoms with van der Waals surface area (Å²) in [5, 5.41) is 17.0. The van der Waals surface area contributed by atoms with Crippen LogP contribution in [-0.2, 0) is 4.74 Å². The van der Waals surface area contributed by atoms with Crippen LogP contribution in [0, 0.1) is 0 Å². The molecular weight excluding hydrogens is 268 g/mol. The Kier molecular flexibility index (Phi) is 5.36. The van der Waals surface area contributed by atoms with Crippen LogP contribution < -0.4 is 10.6 Å². The Hall–Kier alpha value is -1.40. The first-order valence-corrected chi connectivity index (χ1v) is 7.69. The van der Waals surface area contributed by atoms with E-state index in [1.807, 2.05) is 13.0 Å². The highest BCUT2D eigenvalue weighted by Gasteiger charge is 2.29. The van der Waals surface area contributed by atoms with E-state index in [2.05, 4.69) is 34.4 Å². The van der Waals surface area contributed by atoms with E-state index in [1.54, 1.807) is 0 Å². The van der Waals surface area contributed by atoms with Gasteiger partial charge in [-0.1, -0.05) is 13.8 Å². The molecule has 0 spiro atoms. The molecule has 3 N–H and O–H groups in total. The average Bonchev–Trinajstić information content (AvgIpc) is 2.46. The van der Waals surface area contributed by atoms with Crippen molar-refractivity contribution >= 4 is 11.6 Å². The summed E-state index contributed by atoms with van der Waals surface area (Å²) in [5.41, 5.74) is -0.709. The highest BCUT2D eigenvalue weighted by atomic mass is 16.5. The molecule has 0 amide bonds. The Balaban J connectivity index is 2.07. The van der Waals surface area contributed by atoms with Crippen LogP contribution in [0.3, 0.4) is 0 Å². The molecule has 1 aliphatic rings. The Labute approximate surface area is 126 Å². The fourth-order valence-corrected chi connectivity index (χ4v) is 2.27. The van der Waals surface area contributed by atoms with Crippen molar-refractivity contribution in [1.82, 2.24) is 9.97 Å². The van der Waals surface area contributed by atoms with E-state index in [4.69, 9.17) is 4.74 Å². The van der Waals surface area contributed by atoms with E-state index >= 15 is 0 Å². The van der Waals surface area contributed by atoms with Crippen molar-refractivity contribution in [2.24, 2.45) is 0 Å². The summed E-state index contributed by atoms with van der Waals surface area (Å²) in [6, 6.07) is 1.89. The highest BCUT2D eigenvalue weighted by molar-refractivity contribution is 5.48. The monoisotopic (exact) mass is 294 g/mol. The summed E-state index contributed by atoms with van der Waals surface area (Å²) in [6.45, 7) is 8.70. The van der Waals surface area contributed by atoms with Crippen molar-refractivity contribution in [3.8, 4) is 0 Å². The first-order valence-electron chi connectivity index (χ1n) is 7.69. The number of hydrogen-bond donors (Lipinski definition) is 3. The summed E-state index contributed by atoms with van der Waals surface area (Å²) in [6.07, 6.45) is 1.31. The maximum Gasteiger partial charge on any atom is 0.135 e. The summed E-state index contributed by atoms with van der Waals surface area (Å²) < 4.78 is 5.30. The van der Waals surface area contributed by atoms with E-state index in [0.29, 0.717) is 32.6 Å². The second kappa shape index (κ2) is 7.04. The molecular formula is C15H26N4O2. The van der Waals surface area contributed by atoms with Crippen molar-refractivity contribution in [2.45, 2.75) is 45.1 Å². The summed E-state index contributed by atoms with van der Waals surface area (Å²) >= 11 is 0. The minimum Gasteiger partial charge on any atom is -0.388 e. The molecule has 0 radical (unpaired) electrons. The van der Waals surface area contributed by atoms with E-state index in [1.165, 1.54) is 0 Å². The molecule has 0 atom stereocenters. The van der Waals surface area contributed by atoms with E-state index in [9.17, 15) is 5.11 Å². The predicted molar refractivity (Wildman–Crippen MR) is 83.8 cm³/mol. The fourth-order valence-electron chi connectivity index (χ4n) is 2.27. The highest BCUT2D eigenvalue weighted by Crippen LogP contribution is 2.22. The molecule has 1 aromatic heterocycles. The van der Waals surface area contributed by atoms with Crippen LogP contribution in [0.25, 0.3) is 0 Å². The van der Waals surface area contributed by atoms with Gasteiger partial charge in [0.05, 0.1) is 5.60 Å². The fraction of sp³-hybridized carbons (Fsp3) is 0.733. The lowest BCUT2D eigenvalue weighted by Gasteiger charge is -2.32. The number of anilines is 2. The van der Waals surface area contributed by atoms with Gasteiger partial charge in [0.15, 0.2) is 0 Å². The van der Waals surface area contributed by atoms with Gasteiger partial charge in [-0.2, -0.15) is 0 Å². The first kappa shape index (κ1) is 16.0. The quantitative estimate of drug-likeness (QED) is 0.744. The lowest BCUT2D eigenvalue weighted by molar-refractivity contribution is -0.0543. The van der Waals surface area contributed by atoms with Crippen LogP contribution in [-0.4, -0.2) is 47.0 Å². The Morgan fingerprint density at radius 1 is 1.24 bits per heavy atom. The third kappa shape index (κ3) is 4.54. The Morgan fingerprint density at radius 3 is 2.43 bits per heavy atom. The summed E-state index contributed by atoms with van der Waals surface area (Å²) in [7, 11) is 0. The standard InChI is InChI=1S/C15H26N4O2/c1-4-16-12-9-13(19-14(18-12)11(2)3)17-10-15(20)5-7-21-8-6-15/h9,11,20H,4-8,10H2,1-3H3,(H2,16,17,18,19). The van der Waals surface area contributed by atoms with Crippen molar-refractivity contribution in [3.05, 3.63) is 11.9 Å². The molecule has 6 nitrogen and oxygen atoms in total. The van der Waals surface area contributed by atoms with Crippen molar-refractivity contribution < 1.29 is 9.84 Å². The minimum atomic E-state index is -0.709. The van der Waals surface area contributed by atoms with Gasteiger partial charge in [0.2, 0.25) is 0 Å². The van der Waals surface area contributed by atoms with Gasteiger partial charge >= 0.3 is 0 Å². The summed E-state index contributed by atoms with van der Waals surface area (Å²) in [5.74, 6) is 2.63. The van der Waals surface area contributed by atoms with Gasteiger partial charge in [0, 0.05) is 51.1 Å². The Bertz CT molecular complexity index is 459. The van der Waals surface area contributed by atoms with Gasteiger partial charge in [0.1, 0.15) is 17.5 Å². The SMILES string of the molecule is CCNc1cc(NCC2(O)CCOCC2)nc(C(C)C)n1. The van der Waals surface area contributed by atoms with Gasteiger partial charge in [-0.15, -0.1) is 0 Å². The predicted octanol–water partition coefficient (Wildman–Crippen LogP) is 1.99. The average molecular weight is 294 g/mol. The number of aromatic nitrogens is 2. The lowest BCUT2D eigenvalue weighted by atomic mass is 9.94. The number of nitrogens with one attached hydrogen (secondary N) is 2. The van der Waals surface area contributed by atoms with Gasteiger partial charge in [-0.3, -0.25) is 0 Å². The zero-order valence-corrected chi connectivity index (χ0v) is 13.1. The smallest absolute Gasteiger partial charge is 0.135 e. The molecule has 1 saturated heterocycles. The molecule has 2 heterocycles. The molecule has 0 bridgehead atoms. The number of ether oxygens (including phenoxy) is 1. The third-order valence-corrected chi connectivity index (χ3v) is 3.64. The topological polar surface area (TPSA) is 79.3 Å². The van der Waals surface area contributed by atoms with Gasteiger partial charge < -0.3 is 20.5 Å². The second-order valence-corrected chi connectivity index (χ2v) is 5.87. The number of hydrogen-bond acceptors (Lipinski definition) is 6. The van der Waals surface area contributed by atoms with Crippen LogP contribution in [0.4, 0.5) is 11.6 Å². The molecule has 2 rings (SSSR count). The molecule has 21 heavy (non-hydrogen) atoms. The number of rotatable bonds is 6. The number of nitrogens with zero attached hydrogens (tertiary/aromatic N) is 2. The van der Waals surface area contributed by atoms with Gasteiger partial charge in [-0.05, 0) is 6.92 Å². The van der Waals surface area contributed by atoms with Crippen LogP contribution >= 0.6 is 0 Å². The van der Waals surface area contributed by atoms with Crippen LogP contribution in [0.1, 0.15) is 45.4 Å². The molecule has 1 aliphatic heterocycles. The molecule has 0 aliphatic carbocycles. The molecule has 6 heteroatoms. The van der Waals surface area contributed by atoms with Crippen molar-refractivity contribution in [2.75, 3.05) is 36.9 Å². The molecule has 0 unspecified atom stereocenters. The molecule has 1 aromatic rings. The minimum absolute atomic E-state index is 0.260. The zero-order chi connectivity index (χ0) is 15.3. The lowest BCUT2D eigenvalue weighted by Crippen LogP contribution is -2.42. The molecule has 118 valence electrons. The maximum atomic E-state index is 10.5. The third-order valence-electron chi connectivity index (χ3n) is 3.64. The van der Waals surface area contributed by atoms with Gasteiger partial charge in [0.25, 0.3) is 0 Å². The summed E-state index contributed by atoms with van der Waals surface area (Å²) in [4.78, 5) is 9.02. The Morgan fingerprint density at radius 2 is 1.86 bits per heavy atom. The number of aliphatic hydroxyl groups is 1. The van der Waals surface area contributed by atoms with Crippen LogP contribution in [0.15, 0.2) is 6.07 Å². The van der Waals surface area contributed by atoms with E-state index < -0.39 is 5.60 Å². The molecule has 0 aromatic carbocycles. The maximum absolute atomic E-state index is 10.5. The molecule has 1 fully saturated rings. The largest absolute Gasteiger partial charge is 0.388 e. The van der Waals surface area contributed by atoms with Crippen molar-refractivity contribution in [3.63, 3.8) is 0 Å². The van der Waals surface area contributed by atoms with Crippen LogP contribution in [0.2, 0.25) is 0 Å². The van der Waals surface area contributed by atoms with E-state index in [-0.39, 0.29) is 5.92 Å².